The van der Waals surface area contributed by atoms with Crippen molar-refractivity contribution >= 4 is 41.3 Å². The van der Waals surface area contributed by atoms with E-state index in [0.717, 1.165) is 0 Å². The van der Waals surface area contributed by atoms with E-state index in [-0.39, 0.29) is 35.4 Å². The summed E-state index contributed by atoms with van der Waals surface area (Å²) >= 11 is 4.75. The number of hydrogen-bond acceptors (Lipinski definition) is 12. The van der Waals surface area contributed by atoms with Gasteiger partial charge in [-0.15, -0.1) is 0 Å². The number of likely N-dealkylation sites (N-methyl/N-ethyl adjacent to an activating group) is 1. The molecule has 0 aliphatic heterocycles. The molecule has 3 aliphatic carbocycles. The van der Waals surface area contributed by atoms with Crippen LogP contribution < -0.4 is 16.5 Å². The number of nitrogens with two attached hydrogens (primary N) is 2. The lowest BCUT2D eigenvalue weighted by molar-refractivity contribution is -0.149. The van der Waals surface area contributed by atoms with Gasteiger partial charge in [0, 0.05) is 43.7 Å². The van der Waals surface area contributed by atoms with Crippen molar-refractivity contribution in [2.45, 2.75) is 24.5 Å². The molecule has 0 heterocycles. The summed E-state index contributed by atoms with van der Waals surface area (Å²) in [5.41, 5.74) is 2.85. The molecule has 4 rings (SSSR count). The van der Waals surface area contributed by atoms with Crippen LogP contribution in [0.4, 0.5) is 11.4 Å². The molecule has 13 heteroatoms. The largest absolute Gasteiger partial charge is 0.508 e. The summed E-state index contributed by atoms with van der Waals surface area (Å²) in [5.74, 6) is -1.01. The first kappa shape index (κ1) is 25.7. The van der Waals surface area contributed by atoms with Crippen molar-refractivity contribution in [1.29, 1.82) is 0 Å². The summed E-state index contributed by atoms with van der Waals surface area (Å²) < 4.78 is 3.63. The van der Waals surface area contributed by atoms with Crippen LogP contribution in [-0.4, -0.2) is 77.5 Å². The second-order valence-corrected chi connectivity index (χ2v) is 9.85. The zero-order valence-electron chi connectivity index (χ0n) is 20.1. The molecular formula is C23H27N5O7S. The Morgan fingerprint density at radius 3 is 2.39 bits per heavy atom. The van der Waals surface area contributed by atoms with Crippen LogP contribution in [0.25, 0.3) is 0 Å². The fraction of sp³-hybridized carbons (Fsp3) is 0.435. The molecule has 0 saturated heterocycles. The second kappa shape index (κ2) is 8.62. The van der Waals surface area contributed by atoms with E-state index in [0.29, 0.717) is 11.3 Å². The van der Waals surface area contributed by atoms with Crippen LogP contribution >= 0.6 is 0 Å². The number of allylic oxidation sites excluding steroid dienone is 1. The minimum Gasteiger partial charge on any atom is -0.508 e. The number of primary amides is 1. The highest BCUT2D eigenvalue weighted by Crippen LogP contribution is 2.54. The van der Waals surface area contributed by atoms with Crippen molar-refractivity contribution in [2.75, 3.05) is 33.1 Å². The fourth-order valence-electron chi connectivity index (χ4n) is 5.86. The number of Topliss-reactive ketones (excluding diaryl/α,β-unsaturated/α-hetero) is 2. The summed E-state index contributed by atoms with van der Waals surface area (Å²) in [6.45, 7) is 0. The predicted octanol–water partition coefficient (Wildman–Crippen LogP) is -0.119. The number of benzene rings is 1. The van der Waals surface area contributed by atoms with Gasteiger partial charge < -0.3 is 30.8 Å². The maximum absolute atomic E-state index is 13.7. The van der Waals surface area contributed by atoms with Crippen molar-refractivity contribution in [1.82, 2.24) is 4.90 Å². The van der Waals surface area contributed by atoms with E-state index in [9.17, 15) is 29.7 Å². The number of aromatic hydroxyl groups is 1. The highest BCUT2D eigenvalue weighted by Gasteiger charge is 2.63. The zero-order chi connectivity index (χ0) is 26.9. The number of amides is 1. The maximum atomic E-state index is 13.7. The SMILES string of the molecule is CN(C)c1cc(N=S)c(O)c2c1C[C@H]1C[C@H]3[C@H](N(C)C)C(ON)=C(C(N)=O)C(=O)[C@@]3(O)C(O)=C1C2=O. The normalized spacial score (nSPS) is 27.5. The van der Waals surface area contributed by atoms with Crippen LogP contribution in [0.15, 0.2) is 33.1 Å². The quantitative estimate of drug-likeness (QED) is 0.258. The Bertz CT molecular complexity index is 1290. The highest BCUT2D eigenvalue weighted by atomic mass is 32.1. The number of carbonyl (C=O) groups excluding carboxylic acids is 3. The Hall–Kier alpha value is -3.39. The molecule has 1 amide bonds. The zero-order valence-corrected chi connectivity index (χ0v) is 20.9. The van der Waals surface area contributed by atoms with Crippen LogP contribution in [0.3, 0.4) is 0 Å². The molecule has 192 valence electrons. The van der Waals surface area contributed by atoms with E-state index in [1.165, 1.54) is 0 Å². The van der Waals surface area contributed by atoms with Gasteiger partial charge in [0.05, 0.1) is 11.6 Å². The molecule has 0 aromatic heterocycles. The standard InChI is InChI=1S/C23H27N5O7S/c1-27(2)12-7-11(26-36)17(29)14-9(12)5-8-6-10-16(28(3)4)19(35-25)15(22(24)33)21(32)23(10,34)20(31)13(8)18(14)30/h7-8,10,16,29,31,34H,5-6,25H2,1-4H3,(H2,24,33)/t8-,10-,16-,23-/m0/s1. The first-order valence-electron chi connectivity index (χ1n) is 11.0. The molecule has 12 nitrogen and oxygen atoms in total. The Morgan fingerprint density at radius 1 is 1.25 bits per heavy atom. The summed E-state index contributed by atoms with van der Waals surface area (Å²) in [4.78, 5) is 47.7. The molecule has 0 unspecified atom stereocenters. The van der Waals surface area contributed by atoms with Crippen LogP contribution in [0.5, 0.6) is 5.75 Å². The summed E-state index contributed by atoms with van der Waals surface area (Å²) in [6.07, 6.45) is 0.251. The van der Waals surface area contributed by atoms with E-state index in [2.05, 4.69) is 4.36 Å². The number of carbonyl (C=O) groups is 3. The number of ketones is 2. The minimum absolute atomic E-state index is 0.00293. The van der Waals surface area contributed by atoms with Gasteiger partial charge in [0.1, 0.15) is 17.0 Å². The topological polar surface area (TPSA) is 192 Å². The number of hydrogen-bond donors (Lipinski definition) is 5. The Kier molecular flexibility index (Phi) is 6.15. The molecule has 36 heavy (non-hydrogen) atoms. The Labute approximate surface area is 211 Å². The summed E-state index contributed by atoms with van der Waals surface area (Å²) in [5, 5.41) is 33.9. The molecule has 1 aromatic rings. The van der Waals surface area contributed by atoms with E-state index in [1.807, 2.05) is 0 Å². The number of aliphatic hydroxyl groups is 2. The number of phenols is 1. The average Bonchev–Trinajstić information content (AvgIpc) is 2.80. The summed E-state index contributed by atoms with van der Waals surface area (Å²) in [6, 6.07) is 0.639. The lowest BCUT2D eigenvalue weighted by Gasteiger charge is -2.50. The van der Waals surface area contributed by atoms with Gasteiger partial charge in [-0.3, -0.25) is 19.3 Å². The smallest absolute Gasteiger partial charge is 0.256 e. The third-order valence-corrected chi connectivity index (χ3v) is 7.56. The molecule has 4 atom stereocenters. The molecule has 1 aromatic carbocycles. The first-order chi connectivity index (χ1) is 16.8. The van der Waals surface area contributed by atoms with Crippen LogP contribution in [0.1, 0.15) is 22.3 Å². The third-order valence-electron chi connectivity index (χ3n) is 7.36. The van der Waals surface area contributed by atoms with Gasteiger partial charge >= 0.3 is 0 Å². The van der Waals surface area contributed by atoms with Gasteiger partial charge in [0.15, 0.2) is 22.9 Å². The number of nitrogens with zero attached hydrogens (tertiary/aromatic N) is 3. The molecule has 0 radical (unpaired) electrons. The van der Waals surface area contributed by atoms with E-state index >= 15 is 0 Å². The third kappa shape index (κ3) is 3.27. The van der Waals surface area contributed by atoms with Gasteiger partial charge in [-0.1, -0.05) is 0 Å². The molecule has 0 fully saturated rings. The van der Waals surface area contributed by atoms with Crippen LogP contribution in [0.2, 0.25) is 0 Å². The van der Waals surface area contributed by atoms with Crippen molar-refractivity contribution in [2.24, 2.45) is 27.8 Å². The van der Waals surface area contributed by atoms with Crippen LogP contribution in [-0.2, 0) is 33.3 Å². The minimum atomic E-state index is -2.65. The van der Waals surface area contributed by atoms with Gasteiger partial charge in [0.25, 0.3) is 5.91 Å². The van der Waals surface area contributed by atoms with E-state index in [1.54, 1.807) is 44.1 Å². The first-order valence-corrected chi connectivity index (χ1v) is 11.4. The fourth-order valence-corrected chi connectivity index (χ4v) is 5.99. The lowest BCUT2D eigenvalue weighted by atomic mass is 9.58. The molecule has 0 bridgehead atoms. The second-order valence-electron chi connectivity index (χ2n) is 9.66. The van der Waals surface area contributed by atoms with Crippen molar-refractivity contribution in [3.05, 3.63) is 39.9 Å². The van der Waals surface area contributed by atoms with Gasteiger partial charge in [-0.2, -0.15) is 10.3 Å². The molecule has 0 saturated carbocycles. The summed E-state index contributed by atoms with van der Waals surface area (Å²) in [7, 11) is 6.77. The van der Waals surface area contributed by atoms with Gasteiger partial charge in [-0.25, -0.2) is 0 Å². The molecular weight excluding hydrogens is 490 g/mol. The van der Waals surface area contributed by atoms with Crippen molar-refractivity contribution in [3.63, 3.8) is 0 Å². The van der Waals surface area contributed by atoms with Crippen molar-refractivity contribution in [3.8, 4) is 5.75 Å². The molecule has 7 N–H and O–H groups in total. The van der Waals surface area contributed by atoms with Gasteiger partial charge in [-0.05, 0) is 44.5 Å². The van der Waals surface area contributed by atoms with Gasteiger partial charge in [0.2, 0.25) is 5.78 Å². The van der Waals surface area contributed by atoms with Crippen LogP contribution in [0, 0.1) is 11.8 Å². The monoisotopic (exact) mass is 517 g/mol. The number of phenolic OH excluding ortho intramolecular Hbond substituents is 1. The van der Waals surface area contributed by atoms with E-state index in [4.69, 9.17) is 28.9 Å². The lowest BCUT2D eigenvalue weighted by Crippen LogP contribution is -2.64. The number of fused-ring (bicyclic) bond motifs is 3. The highest BCUT2D eigenvalue weighted by molar-refractivity contribution is 7.47. The number of aliphatic hydroxyl groups excluding tert-OH is 1. The predicted molar refractivity (Wildman–Crippen MR) is 130 cm³/mol. The van der Waals surface area contributed by atoms with Crippen molar-refractivity contribution < 1.29 is 34.5 Å². The van der Waals surface area contributed by atoms with E-state index < -0.39 is 58.0 Å². The number of anilines is 1. The Morgan fingerprint density at radius 2 is 1.89 bits per heavy atom. The molecule has 3 aliphatic rings. The average molecular weight is 518 g/mol. The maximum Gasteiger partial charge on any atom is 0.256 e. The Balaban J connectivity index is 2.01. The molecule has 0 spiro atoms. The number of rotatable bonds is 5.